The van der Waals surface area contributed by atoms with E-state index in [1.165, 1.54) is 7.05 Å². The van der Waals surface area contributed by atoms with E-state index in [-0.39, 0.29) is 35.7 Å². The number of carbonyl (C=O) groups is 3. The smallest absolute Gasteiger partial charge is 0.251 e. The molecule has 3 amide bonds. The fraction of sp³-hybridized carbons (Fsp3) is 0.308. The zero-order valence-electron chi connectivity index (χ0n) is 11.4. The number of nitrogen functional groups attached to an aromatic ring is 1. The molecule has 1 aliphatic heterocycles. The number of nitrogens with zero attached hydrogens (tertiary/aromatic N) is 1. The Morgan fingerprint density at radius 2 is 2.10 bits per heavy atom. The Hall–Kier alpha value is -2.64. The summed E-state index contributed by atoms with van der Waals surface area (Å²) in [5.41, 5.74) is 10.5. The lowest BCUT2D eigenvalue weighted by Crippen LogP contribution is -2.48. The summed E-state index contributed by atoms with van der Waals surface area (Å²) in [7, 11) is 1.37. The van der Waals surface area contributed by atoms with E-state index in [2.05, 4.69) is 5.32 Å². The third-order valence-corrected chi connectivity index (χ3v) is 3.38. The molecule has 5 N–H and O–H groups in total. The summed E-state index contributed by atoms with van der Waals surface area (Å²) in [5.74, 6) is -2.24. The van der Waals surface area contributed by atoms with E-state index in [1.807, 2.05) is 0 Å². The van der Waals surface area contributed by atoms with Crippen molar-refractivity contribution in [2.75, 3.05) is 18.1 Å². The summed E-state index contributed by atoms with van der Waals surface area (Å²) in [4.78, 5) is 35.5. The first kappa shape index (κ1) is 14.8. The van der Waals surface area contributed by atoms with Gasteiger partial charge in [-0.2, -0.15) is 0 Å². The Kier molecular flexibility index (Phi) is 3.79. The first-order chi connectivity index (χ1) is 9.81. The van der Waals surface area contributed by atoms with Crippen LogP contribution in [0.1, 0.15) is 23.2 Å². The first-order valence-electron chi connectivity index (χ1n) is 6.27. The van der Waals surface area contributed by atoms with Crippen LogP contribution in [0.4, 0.5) is 15.8 Å². The standard InChI is InChI=1S/C13H15FN4O3/c1-18-11(19)3-2-9(13(18)21)17-10-4-6(12(16)20)8(15)5-7(10)14/h4-5,9,17H,2-3,15H2,1H3,(H2,16,20). The number of imide groups is 1. The second kappa shape index (κ2) is 5.39. The lowest BCUT2D eigenvalue weighted by atomic mass is 10.0. The van der Waals surface area contributed by atoms with Crippen LogP contribution in [0.5, 0.6) is 0 Å². The van der Waals surface area contributed by atoms with Gasteiger partial charge in [-0.25, -0.2) is 4.39 Å². The Morgan fingerprint density at radius 1 is 1.43 bits per heavy atom. The van der Waals surface area contributed by atoms with E-state index in [9.17, 15) is 18.8 Å². The molecule has 7 nitrogen and oxygen atoms in total. The van der Waals surface area contributed by atoms with Gasteiger partial charge in [0.1, 0.15) is 11.9 Å². The van der Waals surface area contributed by atoms with E-state index in [0.29, 0.717) is 0 Å². The minimum absolute atomic E-state index is 0.0356. The number of carbonyl (C=O) groups excluding carboxylic acids is 3. The van der Waals surface area contributed by atoms with Crippen LogP contribution >= 0.6 is 0 Å². The van der Waals surface area contributed by atoms with Crippen LogP contribution in [0.3, 0.4) is 0 Å². The molecule has 0 radical (unpaired) electrons. The van der Waals surface area contributed by atoms with Crippen LogP contribution in [0.15, 0.2) is 12.1 Å². The number of anilines is 2. The summed E-state index contributed by atoms with van der Waals surface area (Å²) in [5, 5.41) is 2.69. The SMILES string of the molecule is CN1C(=O)CCC(Nc2cc(C(N)=O)c(N)cc2F)C1=O. The van der Waals surface area contributed by atoms with Crippen LogP contribution in [-0.2, 0) is 9.59 Å². The van der Waals surface area contributed by atoms with Gasteiger partial charge in [-0.15, -0.1) is 0 Å². The molecule has 0 saturated carbocycles. The van der Waals surface area contributed by atoms with Crippen LogP contribution < -0.4 is 16.8 Å². The Bertz CT molecular complexity index is 632. The number of piperidine rings is 1. The Balaban J connectivity index is 2.27. The van der Waals surface area contributed by atoms with Gasteiger partial charge in [-0.3, -0.25) is 19.3 Å². The third kappa shape index (κ3) is 2.78. The van der Waals surface area contributed by atoms with Crippen molar-refractivity contribution in [3.63, 3.8) is 0 Å². The quantitative estimate of drug-likeness (QED) is 0.538. The molecule has 0 bridgehead atoms. The Morgan fingerprint density at radius 3 is 2.71 bits per heavy atom. The number of nitrogens with one attached hydrogen (secondary N) is 1. The maximum absolute atomic E-state index is 13.9. The van der Waals surface area contributed by atoms with Crippen molar-refractivity contribution in [1.82, 2.24) is 4.90 Å². The Labute approximate surface area is 120 Å². The number of rotatable bonds is 3. The van der Waals surface area contributed by atoms with Gasteiger partial charge in [0, 0.05) is 19.2 Å². The number of likely N-dealkylation sites (tertiary alicyclic amines) is 1. The number of likely N-dealkylation sites (N-methyl/N-ethyl adjacent to an activating group) is 1. The lowest BCUT2D eigenvalue weighted by molar-refractivity contribution is -0.146. The topological polar surface area (TPSA) is 119 Å². The molecule has 1 heterocycles. The molecule has 1 aliphatic rings. The molecule has 0 spiro atoms. The molecule has 112 valence electrons. The number of hydrogen-bond donors (Lipinski definition) is 3. The van der Waals surface area contributed by atoms with Gasteiger partial charge in [0.05, 0.1) is 11.3 Å². The van der Waals surface area contributed by atoms with Crippen molar-refractivity contribution in [3.05, 3.63) is 23.5 Å². The van der Waals surface area contributed by atoms with Crippen molar-refractivity contribution in [3.8, 4) is 0 Å². The molecule has 1 aromatic rings. The second-order valence-electron chi connectivity index (χ2n) is 4.81. The first-order valence-corrected chi connectivity index (χ1v) is 6.27. The van der Waals surface area contributed by atoms with Crippen molar-refractivity contribution in [2.45, 2.75) is 18.9 Å². The minimum Gasteiger partial charge on any atom is -0.398 e. The number of primary amides is 1. The van der Waals surface area contributed by atoms with Crippen molar-refractivity contribution in [2.24, 2.45) is 5.73 Å². The fourth-order valence-electron chi connectivity index (χ4n) is 2.15. The molecule has 1 fully saturated rings. The van der Waals surface area contributed by atoms with Gasteiger partial charge in [0.25, 0.3) is 11.8 Å². The normalized spacial score (nSPS) is 18.8. The van der Waals surface area contributed by atoms with Gasteiger partial charge in [-0.05, 0) is 18.6 Å². The molecular weight excluding hydrogens is 279 g/mol. The second-order valence-corrected chi connectivity index (χ2v) is 4.81. The monoisotopic (exact) mass is 294 g/mol. The predicted molar refractivity (Wildman–Crippen MR) is 73.8 cm³/mol. The van der Waals surface area contributed by atoms with Gasteiger partial charge >= 0.3 is 0 Å². The van der Waals surface area contributed by atoms with Crippen molar-refractivity contribution in [1.29, 1.82) is 0 Å². The van der Waals surface area contributed by atoms with E-state index >= 15 is 0 Å². The van der Waals surface area contributed by atoms with Crippen molar-refractivity contribution >= 4 is 29.1 Å². The number of benzene rings is 1. The van der Waals surface area contributed by atoms with Crippen LogP contribution in [0.25, 0.3) is 0 Å². The number of amides is 3. The molecule has 1 aromatic carbocycles. The molecule has 21 heavy (non-hydrogen) atoms. The molecule has 2 rings (SSSR count). The lowest BCUT2D eigenvalue weighted by Gasteiger charge is -2.29. The highest BCUT2D eigenvalue weighted by Gasteiger charge is 2.32. The van der Waals surface area contributed by atoms with Crippen molar-refractivity contribution < 1.29 is 18.8 Å². The predicted octanol–water partition coefficient (Wildman–Crippen LogP) is 0.0661. The third-order valence-electron chi connectivity index (χ3n) is 3.38. The van der Waals surface area contributed by atoms with E-state index in [4.69, 9.17) is 11.5 Å². The van der Waals surface area contributed by atoms with Gasteiger partial charge in [0.15, 0.2) is 0 Å². The molecule has 0 aromatic heterocycles. The highest BCUT2D eigenvalue weighted by Crippen LogP contribution is 2.24. The summed E-state index contributed by atoms with van der Waals surface area (Å²) in [6.07, 6.45) is 0.427. The average Bonchev–Trinajstić information content (AvgIpc) is 2.41. The number of hydrogen-bond acceptors (Lipinski definition) is 5. The van der Waals surface area contributed by atoms with E-state index in [1.54, 1.807) is 0 Å². The van der Waals surface area contributed by atoms with Gasteiger partial charge in [0.2, 0.25) is 5.91 Å². The highest BCUT2D eigenvalue weighted by molar-refractivity contribution is 6.02. The van der Waals surface area contributed by atoms with Crippen LogP contribution in [0, 0.1) is 5.82 Å². The van der Waals surface area contributed by atoms with Crippen LogP contribution in [-0.4, -0.2) is 35.7 Å². The molecular formula is C13H15FN4O3. The summed E-state index contributed by atoms with van der Waals surface area (Å²) in [6, 6.07) is 1.38. The zero-order chi connectivity index (χ0) is 15.7. The molecule has 1 unspecified atom stereocenters. The van der Waals surface area contributed by atoms with E-state index in [0.717, 1.165) is 17.0 Å². The maximum atomic E-state index is 13.9. The number of halogens is 1. The fourth-order valence-corrected chi connectivity index (χ4v) is 2.15. The molecule has 1 atom stereocenters. The van der Waals surface area contributed by atoms with Gasteiger partial charge in [-0.1, -0.05) is 0 Å². The maximum Gasteiger partial charge on any atom is 0.251 e. The average molecular weight is 294 g/mol. The van der Waals surface area contributed by atoms with Gasteiger partial charge < -0.3 is 16.8 Å². The molecule has 1 saturated heterocycles. The molecule has 0 aliphatic carbocycles. The summed E-state index contributed by atoms with van der Waals surface area (Å²) < 4.78 is 13.9. The highest BCUT2D eigenvalue weighted by atomic mass is 19.1. The van der Waals surface area contributed by atoms with E-state index < -0.39 is 23.7 Å². The van der Waals surface area contributed by atoms with Crippen LogP contribution in [0.2, 0.25) is 0 Å². The largest absolute Gasteiger partial charge is 0.398 e. The molecule has 8 heteroatoms. The summed E-state index contributed by atoms with van der Waals surface area (Å²) in [6.45, 7) is 0. The zero-order valence-corrected chi connectivity index (χ0v) is 11.4. The number of nitrogens with two attached hydrogens (primary N) is 2. The summed E-state index contributed by atoms with van der Waals surface area (Å²) >= 11 is 0. The minimum atomic E-state index is -0.794.